The number of ketones is 1. The van der Waals surface area contributed by atoms with Crippen molar-refractivity contribution >= 4 is 5.78 Å². The van der Waals surface area contributed by atoms with Gasteiger partial charge in [-0.25, -0.2) is 0 Å². The van der Waals surface area contributed by atoms with Crippen molar-refractivity contribution in [2.75, 3.05) is 6.61 Å². The predicted octanol–water partition coefficient (Wildman–Crippen LogP) is 4.13. The van der Waals surface area contributed by atoms with Crippen molar-refractivity contribution < 1.29 is 14.3 Å². The molecular weight excluding hydrogens is 264 g/mol. The first kappa shape index (κ1) is 15.1. The first-order valence-electron chi connectivity index (χ1n) is 7.23. The highest BCUT2D eigenvalue weighted by Crippen LogP contribution is 2.20. The Balaban J connectivity index is 2.06. The number of ether oxygens (including phenoxy) is 2. The quantitative estimate of drug-likeness (QED) is 0.717. The van der Waals surface area contributed by atoms with Crippen molar-refractivity contribution in [2.45, 2.75) is 26.4 Å². The van der Waals surface area contributed by atoms with Crippen LogP contribution in [0.3, 0.4) is 0 Å². The van der Waals surface area contributed by atoms with Gasteiger partial charge in [-0.1, -0.05) is 37.3 Å². The Morgan fingerprint density at radius 3 is 2.14 bits per heavy atom. The van der Waals surface area contributed by atoms with Crippen molar-refractivity contribution in [2.24, 2.45) is 0 Å². The van der Waals surface area contributed by atoms with Gasteiger partial charge in [0, 0.05) is 5.56 Å². The van der Waals surface area contributed by atoms with E-state index in [1.165, 1.54) is 0 Å². The highest BCUT2D eigenvalue weighted by molar-refractivity contribution is 5.99. The molecule has 110 valence electrons. The Bertz CT molecular complexity index is 561. The fraction of sp³-hybridized carbons (Fsp3) is 0.278. The lowest BCUT2D eigenvalue weighted by atomic mass is 10.0. The molecule has 1 atom stereocenters. The summed E-state index contributed by atoms with van der Waals surface area (Å²) in [6, 6.07) is 16.6. The van der Waals surface area contributed by atoms with Crippen LogP contribution < -0.4 is 9.47 Å². The molecule has 0 aliphatic carbocycles. The molecule has 0 amide bonds. The molecule has 0 heterocycles. The van der Waals surface area contributed by atoms with E-state index in [4.69, 9.17) is 9.47 Å². The van der Waals surface area contributed by atoms with Crippen LogP contribution in [0.2, 0.25) is 0 Å². The monoisotopic (exact) mass is 284 g/mol. The molecular formula is C18H20O3. The van der Waals surface area contributed by atoms with E-state index in [0.717, 1.165) is 5.75 Å². The summed E-state index contributed by atoms with van der Waals surface area (Å²) in [6.45, 7) is 4.51. The van der Waals surface area contributed by atoms with Crippen LogP contribution in [0.25, 0.3) is 0 Å². The number of benzene rings is 2. The van der Waals surface area contributed by atoms with Crippen LogP contribution >= 0.6 is 0 Å². The lowest BCUT2D eigenvalue weighted by Crippen LogP contribution is -2.26. The highest BCUT2D eigenvalue weighted by Gasteiger charge is 2.19. The van der Waals surface area contributed by atoms with Crippen LogP contribution in [0, 0.1) is 0 Å². The Labute approximate surface area is 125 Å². The van der Waals surface area contributed by atoms with Crippen LogP contribution in [0.5, 0.6) is 11.5 Å². The maximum atomic E-state index is 12.4. The van der Waals surface area contributed by atoms with Gasteiger partial charge in [-0.15, -0.1) is 0 Å². The summed E-state index contributed by atoms with van der Waals surface area (Å²) >= 11 is 0. The van der Waals surface area contributed by atoms with Crippen molar-refractivity contribution in [3.05, 3.63) is 60.2 Å². The van der Waals surface area contributed by atoms with E-state index in [9.17, 15) is 4.79 Å². The second-order valence-electron chi connectivity index (χ2n) is 4.65. The molecule has 0 aliphatic heterocycles. The summed E-state index contributed by atoms with van der Waals surface area (Å²) in [6.07, 6.45) is 0.159. The molecule has 0 N–H and O–H groups in total. The molecule has 0 spiro atoms. The molecule has 0 radical (unpaired) electrons. The molecule has 1 unspecified atom stereocenters. The second kappa shape index (κ2) is 7.48. The maximum absolute atomic E-state index is 12.4. The number of hydrogen-bond acceptors (Lipinski definition) is 3. The number of carbonyl (C=O) groups is 1. The number of hydrogen-bond donors (Lipinski definition) is 0. The first-order chi connectivity index (χ1) is 10.2. The average Bonchev–Trinajstić information content (AvgIpc) is 2.54. The summed E-state index contributed by atoms with van der Waals surface area (Å²) in [4.78, 5) is 12.4. The minimum absolute atomic E-state index is 0.00647. The van der Waals surface area contributed by atoms with Gasteiger partial charge in [0.15, 0.2) is 6.10 Å². The van der Waals surface area contributed by atoms with E-state index in [1.54, 1.807) is 0 Å². The molecule has 0 aliphatic rings. The van der Waals surface area contributed by atoms with Gasteiger partial charge < -0.3 is 9.47 Å². The zero-order valence-electron chi connectivity index (χ0n) is 12.4. The van der Waals surface area contributed by atoms with Gasteiger partial charge >= 0.3 is 0 Å². The van der Waals surface area contributed by atoms with Crippen LogP contribution in [-0.4, -0.2) is 18.5 Å². The van der Waals surface area contributed by atoms with Gasteiger partial charge in [-0.05, 0) is 37.6 Å². The lowest BCUT2D eigenvalue weighted by molar-refractivity contribution is 0.0786. The van der Waals surface area contributed by atoms with Gasteiger partial charge in [0.2, 0.25) is 5.78 Å². The van der Waals surface area contributed by atoms with Gasteiger partial charge in [0.1, 0.15) is 11.5 Å². The Hall–Kier alpha value is -2.29. The lowest BCUT2D eigenvalue weighted by Gasteiger charge is -2.16. The van der Waals surface area contributed by atoms with Crippen molar-refractivity contribution in [3.8, 4) is 11.5 Å². The molecule has 0 bridgehead atoms. The average molecular weight is 284 g/mol. The fourth-order valence-corrected chi connectivity index (χ4v) is 2.06. The van der Waals surface area contributed by atoms with E-state index < -0.39 is 6.10 Å². The second-order valence-corrected chi connectivity index (χ2v) is 4.65. The highest BCUT2D eigenvalue weighted by atomic mass is 16.5. The number of rotatable bonds is 7. The van der Waals surface area contributed by atoms with E-state index in [2.05, 4.69) is 0 Å². The Kier molecular flexibility index (Phi) is 5.38. The summed E-state index contributed by atoms with van der Waals surface area (Å²) in [5, 5.41) is 0. The Morgan fingerprint density at radius 2 is 1.57 bits per heavy atom. The van der Waals surface area contributed by atoms with Crippen LogP contribution in [-0.2, 0) is 0 Å². The molecule has 0 saturated heterocycles. The van der Waals surface area contributed by atoms with Crippen molar-refractivity contribution in [3.63, 3.8) is 0 Å². The summed E-state index contributed by atoms with van der Waals surface area (Å²) in [5.41, 5.74) is 0.676. The summed E-state index contributed by atoms with van der Waals surface area (Å²) < 4.78 is 11.2. The van der Waals surface area contributed by atoms with Crippen LogP contribution in [0.15, 0.2) is 54.6 Å². The van der Waals surface area contributed by atoms with E-state index in [-0.39, 0.29) is 5.78 Å². The summed E-state index contributed by atoms with van der Waals surface area (Å²) in [5.74, 6) is 1.48. The van der Waals surface area contributed by atoms with Crippen molar-refractivity contribution in [1.82, 2.24) is 0 Å². The zero-order chi connectivity index (χ0) is 15.1. The van der Waals surface area contributed by atoms with Gasteiger partial charge in [0.05, 0.1) is 6.61 Å². The summed E-state index contributed by atoms with van der Waals surface area (Å²) in [7, 11) is 0. The van der Waals surface area contributed by atoms with Crippen LogP contribution in [0.4, 0.5) is 0 Å². The van der Waals surface area contributed by atoms with E-state index >= 15 is 0 Å². The van der Waals surface area contributed by atoms with E-state index in [0.29, 0.717) is 24.3 Å². The Morgan fingerprint density at radius 1 is 0.952 bits per heavy atom. The topological polar surface area (TPSA) is 35.5 Å². The molecule has 2 aromatic carbocycles. The predicted molar refractivity (Wildman–Crippen MR) is 83.1 cm³/mol. The molecule has 0 aromatic heterocycles. The molecule has 0 saturated carbocycles. The normalized spacial score (nSPS) is 11.7. The van der Waals surface area contributed by atoms with Gasteiger partial charge in [-0.2, -0.15) is 0 Å². The fourth-order valence-electron chi connectivity index (χ4n) is 2.06. The van der Waals surface area contributed by atoms with Gasteiger partial charge in [-0.3, -0.25) is 4.79 Å². The van der Waals surface area contributed by atoms with E-state index in [1.807, 2.05) is 68.4 Å². The third-order valence-electron chi connectivity index (χ3n) is 3.13. The standard InChI is InChI=1S/C18H20O3/c1-3-17(18(19)14-8-6-5-7-9-14)21-16-12-10-15(11-13-16)20-4-2/h5-13,17H,3-4H2,1-2H3. The minimum atomic E-state index is -0.467. The van der Waals surface area contributed by atoms with Crippen molar-refractivity contribution in [1.29, 1.82) is 0 Å². The first-order valence-corrected chi connectivity index (χ1v) is 7.23. The zero-order valence-corrected chi connectivity index (χ0v) is 12.4. The minimum Gasteiger partial charge on any atom is -0.494 e. The maximum Gasteiger partial charge on any atom is 0.203 e. The SMILES string of the molecule is CCOc1ccc(OC(CC)C(=O)c2ccccc2)cc1. The smallest absolute Gasteiger partial charge is 0.203 e. The third-order valence-corrected chi connectivity index (χ3v) is 3.13. The van der Waals surface area contributed by atoms with Crippen LogP contribution in [0.1, 0.15) is 30.6 Å². The molecule has 0 fully saturated rings. The molecule has 3 nitrogen and oxygen atoms in total. The molecule has 2 aromatic rings. The number of carbonyl (C=O) groups excluding carboxylic acids is 1. The molecule has 21 heavy (non-hydrogen) atoms. The third kappa shape index (κ3) is 4.09. The molecule has 3 heteroatoms. The molecule has 2 rings (SSSR count). The van der Waals surface area contributed by atoms with Gasteiger partial charge in [0.25, 0.3) is 0 Å². The number of Topliss-reactive ketones (excluding diaryl/α,β-unsaturated/α-hetero) is 1. The largest absolute Gasteiger partial charge is 0.494 e.